The lowest BCUT2D eigenvalue weighted by Crippen LogP contribution is -2.39. The number of rotatable bonds is 4. The van der Waals surface area contributed by atoms with Crippen LogP contribution in [-0.4, -0.2) is 46.7 Å². The first-order valence-electron chi connectivity index (χ1n) is 13.0. The maximum atomic E-state index is 14.0. The van der Waals surface area contributed by atoms with Gasteiger partial charge in [-0.2, -0.15) is 0 Å². The molecule has 2 aromatic rings. The molecule has 10 heteroatoms. The van der Waals surface area contributed by atoms with Gasteiger partial charge < -0.3 is 14.9 Å². The molecule has 0 radical (unpaired) electrons. The summed E-state index contributed by atoms with van der Waals surface area (Å²) in [4.78, 5) is 67.1. The van der Waals surface area contributed by atoms with E-state index in [9.17, 15) is 34.2 Å². The number of phenols is 1. The summed E-state index contributed by atoms with van der Waals surface area (Å²) in [6.07, 6.45) is 3.62. The molecule has 1 aliphatic heterocycles. The van der Waals surface area contributed by atoms with E-state index in [0.29, 0.717) is 25.9 Å². The molecule has 4 unspecified atom stereocenters. The Bertz CT molecular complexity index is 1700. The van der Waals surface area contributed by atoms with Crippen LogP contribution in [0, 0.1) is 21.3 Å². The Kier molecular flexibility index (Phi) is 6.48. The average molecular weight is 665 g/mol. The molecule has 4 aliphatic rings. The van der Waals surface area contributed by atoms with E-state index in [1.54, 1.807) is 19.1 Å². The van der Waals surface area contributed by atoms with Crippen molar-refractivity contribution in [1.29, 1.82) is 0 Å². The van der Waals surface area contributed by atoms with Crippen molar-refractivity contribution in [2.45, 2.75) is 25.7 Å². The number of hydrogen-bond acceptors (Lipinski definition) is 7. The van der Waals surface area contributed by atoms with Crippen LogP contribution in [0.2, 0.25) is 0 Å². The molecule has 2 N–H and O–H groups in total. The number of allylic oxidation sites excluding steroid dienone is 6. The van der Waals surface area contributed by atoms with Crippen molar-refractivity contribution in [2.75, 3.05) is 12.0 Å². The van der Waals surface area contributed by atoms with E-state index in [2.05, 4.69) is 0 Å². The highest BCUT2D eigenvalue weighted by Gasteiger charge is 2.56. The predicted octanol–water partition coefficient (Wildman–Crippen LogP) is 4.34. The normalized spacial score (nSPS) is 25.4. The summed E-state index contributed by atoms with van der Waals surface area (Å²) in [5.41, 5.74) is 2.51. The van der Waals surface area contributed by atoms with E-state index in [1.807, 2.05) is 28.7 Å². The second-order valence-electron chi connectivity index (χ2n) is 10.6. The molecule has 0 aromatic heterocycles. The molecule has 208 valence electrons. The minimum absolute atomic E-state index is 0.0474. The standard InChI is InChI=1S/C31H24INO8/c1-13-8-22(34)26-20(27(13)35)12-19-17(24(26)15-10-21(32)28(36)23(11-15)41-2)6-7-18-25(19)30(38)33(29(18)37)16-5-3-4-14(9-16)31(39)40/h3-6,8-11,18-19,24-25,36H,7,12H2,1-2H3,(H,39,40). The van der Waals surface area contributed by atoms with E-state index >= 15 is 0 Å². The van der Waals surface area contributed by atoms with Crippen molar-refractivity contribution in [1.82, 2.24) is 0 Å². The summed E-state index contributed by atoms with van der Waals surface area (Å²) in [7, 11) is 1.42. The summed E-state index contributed by atoms with van der Waals surface area (Å²) < 4.78 is 5.88. The van der Waals surface area contributed by atoms with Crippen LogP contribution in [0.25, 0.3) is 0 Å². The van der Waals surface area contributed by atoms with Crippen LogP contribution in [0.5, 0.6) is 11.5 Å². The van der Waals surface area contributed by atoms with Crippen molar-refractivity contribution < 1.29 is 38.9 Å². The zero-order valence-corrected chi connectivity index (χ0v) is 24.2. The minimum atomic E-state index is -1.18. The molecule has 3 aliphatic carbocycles. The number of nitrogens with zero attached hydrogens (tertiary/aromatic N) is 1. The maximum absolute atomic E-state index is 14.0. The number of carboxylic acid groups (broad SMARTS) is 1. The molecular formula is C31H24INO8. The molecule has 1 saturated heterocycles. The van der Waals surface area contributed by atoms with Crippen molar-refractivity contribution in [3.63, 3.8) is 0 Å². The third kappa shape index (κ3) is 4.06. The molecule has 41 heavy (non-hydrogen) atoms. The van der Waals surface area contributed by atoms with E-state index in [1.165, 1.54) is 37.5 Å². The second-order valence-corrected chi connectivity index (χ2v) is 11.8. The smallest absolute Gasteiger partial charge is 0.335 e. The van der Waals surface area contributed by atoms with E-state index in [4.69, 9.17) is 4.74 Å². The number of halogens is 1. The number of carbonyl (C=O) groups excluding carboxylic acids is 4. The number of carbonyl (C=O) groups is 5. The number of ketones is 2. The van der Waals surface area contributed by atoms with Gasteiger partial charge in [-0.25, -0.2) is 4.79 Å². The molecule has 2 amide bonds. The van der Waals surface area contributed by atoms with Crippen molar-refractivity contribution in [3.8, 4) is 11.5 Å². The first kappa shape index (κ1) is 27.1. The van der Waals surface area contributed by atoms with Gasteiger partial charge in [0.2, 0.25) is 11.8 Å². The lowest BCUT2D eigenvalue weighted by Gasteiger charge is -2.42. The van der Waals surface area contributed by atoms with Crippen LogP contribution < -0.4 is 9.64 Å². The number of hydrogen-bond donors (Lipinski definition) is 2. The first-order chi connectivity index (χ1) is 19.5. The highest BCUT2D eigenvalue weighted by atomic mass is 127. The summed E-state index contributed by atoms with van der Waals surface area (Å²) in [5.74, 6) is -5.14. The molecule has 0 saturated carbocycles. The van der Waals surface area contributed by atoms with Crippen LogP contribution in [0.4, 0.5) is 5.69 Å². The largest absolute Gasteiger partial charge is 0.504 e. The van der Waals surface area contributed by atoms with Crippen molar-refractivity contribution in [3.05, 3.63) is 85.5 Å². The summed E-state index contributed by atoms with van der Waals surface area (Å²) >= 11 is 1.97. The Hall–Kier alpha value is -4.06. The quantitative estimate of drug-likeness (QED) is 0.213. The summed E-state index contributed by atoms with van der Waals surface area (Å²) in [5, 5.41) is 19.9. The van der Waals surface area contributed by atoms with Crippen LogP contribution in [0.1, 0.15) is 41.6 Å². The second kappa shape index (κ2) is 9.79. The van der Waals surface area contributed by atoms with E-state index < -0.39 is 41.5 Å². The number of fused-ring (bicyclic) bond motifs is 3. The van der Waals surface area contributed by atoms with E-state index in [0.717, 1.165) is 10.5 Å². The number of Topliss-reactive ketones (excluding diaryl/α,β-unsaturated/α-hetero) is 1. The fourth-order valence-corrected chi connectivity index (χ4v) is 7.34. The number of ether oxygens (including phenoxy) is 1. The Morgan fingerprint density at radius 2 is 1.83 bits per heavy atom. The fraction of sp³-hybridized carbons (Fsp3) is 0.258. The Morgan fingerprint density at radius 3 is 2.54 bits per heavy atom. The molecule has 9 nitrogen and oxygen atoms in total. The number of aromatic hydroxyl groups is 1. The zero-order valence-electron chi connectivity index (χ0n) is 22.0. The van der Waals surface area contributed by atoms with Crippen molar-refractivity contribution >= 4 is 57.6 Å². The summed E-state index contributed by atoms with van der Waals surface area (Å²) in [6, 6.07) is 9.07. The molecule has 2 aromatic carbocycles. The predicted molar refractivity (Wildman–Crippen MR) is 155 cm³/mol. The first-order valence-corrected chi connectivity index (χ1v) is 14.1. The molecule has 4 atom stereocenters. The van der Waals surface area contributed by atoms with Crippen LogP contribution in [0.15, 0.2) is 70.8 Å². The molecule has 0 bridgehead atoms. The van der Waals surface area contributed by atoms with Gasteiger partial charge in [-0.1, -0.05) is 17.7 Å². The van der Waals surface area contributed by atoms with Gasteiger partial charge in [-0.05, 0) is 90.2 Å². The third-order valence-corrected chi connectivity index (χ3v) is 9.34. The zero-order chi connectivity index (χ0) is 29.3. The Morgan fingerprint density at radius 1 is 1.07 bits per heavy atom. The Balaban J connectivity index is 1.49. The maximum Gasteiger partial charge on any atom is 0.335 e. The number of aromatic carboxylic acids is 1. The number of methoxy groups -OCH3 is 1. The number of carboxylic acids is 1. The average Bonchev–Trinajstić information content (AvgIpc) is 3.21. The van der Waals surface area contributed by atoms with Gasteiger partial charge >= 0.3 is 5.97 Å². The van der Waals surface area contributed by atoms with Gasteiger partial charge in [-0.3, -0.25) is 24.1 Å². The number of anilines is 1. The summed E-state index contributed by atoms with van der Waals surface area (Å²) in [6.45, 7) is 1.59. The lowest BCUT2D eigenvalue weighted by atomic mass is 9.59. The number of amides is 2. The van der Waals surface area contributed by atoms with Gasteiger partial charge in [-0.15, -0.1) is 0 Å². The Labute approximate surface area is 248 Å². The highest BCUT2D eigenvalue weighted by Crippen LogP contribution is 2.56. The molecule has 1 fully saturated rings. The van der Waals surface area contributed by atoms with Crippen LogP contribution in [-0.2, 0) is 19.2 Å². The highest BCUT2D eigenvalue weighted by molar-refractivity contribution is 14.1. The molecular weight excluding hydrogens is 641 g/mol. The third-order valence-electron chi connectivity index (χ3n) is 8.52. The monoisotopic (exact) mass is 665 g/mol. The lowest BCUT2D eigenvalue weighted by molar-refractivity contribution is -0.123. The molecule has 1 heterocycles. The van der Waals surface area contributed by atoms with Gasteiger partial charge in [0.15, 0.2) is 23.1 Å². The topological polar surface area (TPSA) is 138 Å². The molecule has 0 spiro atoms. The van der Waals surface area contributed by atoms with Gasteiger partial charge in [0.25, 0.3) is 0 Å². The van der Waals surface area contributed by atoms with Gasteiger partial charge in [0.1, 0.15) is 0 Å². The van der Waals surface area contributed by atoms with Gasteiger partial charge in [0, 0.05) is 22.6 Å². The van der Waals surface area contributed by atoms with E-state index in [-0.39, 0.29) is 47.2 Å². The minimum Gasteiger partial charge on any atom is -0.504 e. The molecule has 6 rings (SSSR count). The fourth-order valence-electron chi connectivity index (χ4n) is 6.71. The van der Waals surface area contributed by atoms with Crippen molar-refractivity contribution in [2.24, 2.45) is 17.8 Å². The number of phenolic OH excluding ortho intramolecular Hbond substituents is 1. The van der Waals surface area contributed by atoms with Gasteiger partial charge in [0.05, 0.1) is 33.8 Å². The van der Waals surface area contributed by atoms with Crippen LogP contribution in [0.3, 0.4) is 0 Å². The number of imide groups is 1. The van der Waals surface area contributed by atoms with Crippen LogP contribution >= 0.6 is 22.6 Å². The number of benzene rings is 2. The SMILES string of the molecule is COc1cc(C2C3=CCC4C(=O)N(c5cccc(C(=O)O)c5)C(=O)C4C3CC3=C2C(=O)C=C(C)C3=O)cc(I)c1O.